The van der Waals surface area contributed by atoms with Crippen molar-refractivity contribution in [3.63, 3.8) is 0 Å². The van der Waals surface area contributed by atoms with Gasteiger partial charge in [-0.25, -0.2) is 40.1 Å². The van der Waals surface area contributed by atoms with Crippen LogP contribution in [0.4, 0.5) is 11.6 Å². The summed E-state index contributed by atoms with van der Waals surface area (Å²) < 4.78 is 54.8. The van der Waals surface area contributed by atoms with Crippen LogP contribution in [0.1, 0.15) is 96.9 Å². The Hall–Kier alpha value is -4.42. The molecule has 0 aromatic carbocycles. The molecule has 0 aliphatic carbocycles. The number of nitrogen functional groups attached to an aromatic ring is 2. The van der Waals surface area contributed by atoms with Crippen molar-refractivity contribution in [1.29, 1.82) is 0 Å². The maximum absolute atomic E-state index is 14.2. The first kappa shape index (κ1) is 60.6. The molecule has 4 rings (SSSR count). The number of aromatic nitrogens is 8. The number of halogens is 1. The maximum Gasteiger partial charge on any atom is 0.350 e. The summed E-state index contributed by atoms with van der Waals surface area (Å²) in [6.45, 7) is 24.1. The Morgan fingerprint density at radius 2 is 0.985 bits per heavy atom. The summed E-state index contributed by atoms with van der Waals surface area (Å²) in [5, 5.41) is 5.74. The van der Waals surface area contributed by atoms with Gasteiger partial charge in [-0.2, -0.15) is 0 Å². The van der Waals surface area contributed by atoms with E-state index in [0.717, 1.165) is 0 Å². The monoisotopic (exact) mass is 1010 g/mol. The zero-order chi connectivity index (χ0) is 50.6. The zero-order valence-electron chi connectivity index (χ0n) is 40.7. The molecule has 0 bridgehead atoms. The second-order valence-corrected chi connectivity index (χ2v) is 22.3. The summed E-state index contributed by atoms with van der Waals surface area (Å²) in [6.07, 6.45) is 3.15. The van der Waals surface area contributed by atoms with Crippen molar-refractivity contribution in [2.24, 2.45) is 0 Å². The first-order valence-corrected chi connectivity index (χ1v) is 24.8. The number of alkyl halides is 1. The fourth-order valence-electron chi connectivity index (χ4n) is 5.34. The number of anilines is 2. The van der Waals surface area contributed by atoms with Gasteiger partial charge < -0.3 is 60.2 Å². The van der Waals surface area contributed by atoms with Gasteiger partial charge in [-0.15, -0.1) is 11.6 Å². The second-order valence-electron chi connectivity index (χ2n) is 17.6. The normalized spacial score (nSPS) is 13.3. The number of hydrogen-bond acceptors (Lipinski definition) is 19. The van der Waals surface area contributed by atoms with E-state index < -0.39 is 61.5 Å². The van der Waals surface area contributed by atoms with Gasteiger partial charge in [0.15, 0.2) is 22.9 Å². The quantitative estimate of drug-likeness (QED) is 0.0274. The molecule has 25 nitrogen and oxygen atoms in total. The van der Waals surface area contributed by atoms with Crippen LogP contribution >= 0.6 is 26.6 Å². The fourth-order valence-corrected chi connectivity index (χ4v) is 8.48. The molecule has 4 aromatic rings. The second kappa shape index (κ2) is 25.3. The fraction of sp³-hybridized carbons (Fsp3) is 0.667. The van der Waals surface area contributed by atoms with Crippen molar-refractivity contribution in [2.45, 2.75) is 156 Å². The molecule has 28 heteroatoms. The van der Waals surface area contributed by atoms with Crippen molar-refractivity contribution in [3.8, 4) is 0 Å². The van der Waals surface area contributed by atoms with Crippen LogP contribution in [-0.4, -0.2) is 126 Å². The third-order valence-corrected chi connectivity index (χ3v) is 11.3. The molecule has 0 spiro atoms. The van der Waals surface area contributed by atoms with Gasteiger partial charge in [0.2, 0.25) is 7.44 Å². The number of fused-ring (bicyclic) bond motifs is 2. The summed E-state index contributed by atoms with van der Waals surface area (Å²) in [4.78, 5) is 77.2. The number of nitrogens with one attached hydrogen (secondary N) is 2. The minimum atomic E-state index is -4.16. The average molecular weight is 1010 g/mol. The van der Waals surface area contributed by atoms with Gasteiger partial charge in [-0.1, -0.05) is 0 Å². The van der Waals surface area contributed by atoms with E-state index in [1.165, 1.54) is 19.0 Å². The molecule has 0 saturated carbocycles. The van der Waals surface area contributed by atoms with Crippen LogP contribution in [-0.2, 0) is 60.3 Å². The number of carbonyl (C=O) groups excluding carboxylic acids is 3. The SMILES string of the molecule is CC(C)OC(=O)C(C)(C)Cl.CC(C)OC(=O)C(C)(C)NP(=O)(CO[C@H](C)Cn1cnc2c(N)ncnc21)NC(C)(C)C(=O)OC(C)C.C[C@H](Cn1cnc2c(N)ncnc21)OCP(=O)(O)O.N. The molecule has 0 fully saturated rings. The van der Waals surface area contributed by atoms with E-state index in [-0.39, 0.29) is 48.4 Å². The zero-order valence-corrected chi connectivity index (χ0v) is 43.3. The number of nitrogens with two attached hydrogens (primary N) is 2. The molecule has 0 radical (unpaired) electrons. The highest BCUT2D eigenvalue weighted by Gasteiger charge is 2.43. The van der Waals surface area contributed by atoms with E-state index >= 15 is 0 Å². The van der Waals surface area contributed by atoms with Crippen molar-refractivity contribution in [1.82, 2.24) is 55.4 Å². The van der Waals surface area contributed by atoms with E-state index in [9.17, 15) is 23.5 Å². The molecule has 0 aliphatic heterocycles. The molecular weight excluding hydrogens is 940 g/mol. The van der Waals surface area contributed by atoms with Gasteiger partial charge in [0.05, 0.1) is 56.3 Å². The Bertz CT molecular complexity index is 2290. The van der Waals surface area contributed by atoms with Crippen LogP contribution < -0.4 is 27.8 Å². The highest BCUT2D eigenvalue weighted by Crippen LogP contribution is 2.42. The lowest BCUT2D eigenvalue weighted by molar-refractivity contribution is -0.153. The third kappa shape index (κ3) is 20.4. The number of nitrogens with zero attached hydrogens (tertiary/aromatic N) is 8. The summed E-state index contributed by atoms with van der Waals surface area (Å²) in [5.74, 6) is -1.01. The summed E-state index contributed by atoms with van der Waals surface area (Å²) in [5.41, 5.74) is 10.9. The maximum atomic E-state index is 14.2. The van der Waals surface area contributed by atoms with Crippen LogP contribution in [0.3, 0.4) is 0 Å². The van der Waals surface area contributed by atoms with Gasteiger partial charge in [0.1, 0.15) is 52.3 Å². The van der Waals surface area contributed by atoms with Crippen LogP contribution in [0.2, 0.25) is 0 Å². The smallest absolute Gasteiger partial charge is 0.350 e. The van der Waals surface area contributed by atoms with Crippen LogP contribution in [0.25, 0.3) is 22.3 Å². The number of hydrogen-bond donors (Lipinski definition) is 7. The number of rotatable bonds is 20. The van der Waals surface area contributed by atoms with Crippen LogP contribution in [0.15, 0.2) is 25.3 Å². The van der Waals surface area contributed by atoms with Gasteiger partial charge in [-0.3, -0.25) is 23.5 Å². The van der Waals surface area contributed by atoms with Crippen molar-refractivity contribution >= 4 is 78.5 Å². The first-order valence-electron chi connectivity index (χ1n) is 20.8. The molecule has 0 aliphatic rings. The van der Waals surface area contributed by atoms with E-state index in [1.54, 1.807) is 112 Å². The highest BCUT2D eigenvalue weighted by atomic mass is 35.5. The lowest BCUT2D eigenvalue weighted by Crippen LogP contribution is -2.54. The Kier molecular flexibility index (Phi) is 22.8. The molecule has 11 N–H and O–H groups in total. The van der Waals surface area contributed by atoms with Crippen LogP contribution in [0.5, 0.6) is 0 Å². The minimum Gasteiger partial charge on any atom is -0.462 e. The third-order valence-electron chi connectivity index (χ3n) is 8.29. The molecule has 0 unspecified atom stereocenters. The topological polar surface area (TPSA) is 370 Å². The average Bonchev–Trinajstić information content (AvgIpc) is 3.77. The molecule has 4 aromatic heterocycles. The van der Waals surface area contributed by atoms with Gasteiger partial charge in [0.25, 0.3) is 0 Å². The van der Waals surface area contributed by atoms with Crippen LogP contribution in [0, 0.1) is 0 Å². The van der Waals surface area contributed by atoms with E-state index in [0.29, 0.717) is 35.4 Å². The summed E-state index contributed by atoms with van der Waals surface area (Å²) >= 11 is 5.65. The molecular formula is C39H70ClN13O12P2. The van der Waals surface area contributed by atoms with E-state index in [4.69, 9.17) is 56.5 Å². The number of ether oxygens (including phenoxy) is 5. The molecule has 2 atom stereocenters. The summed E-state index contributed by atoms with van der Waals surface area (Å²) in [6, 6.07) is 0. The minimum absolute atomic E-state index is 0. The lowest BCUT2D eigenvalue weighted by Gasteiger charge is -2.36. The van der Waals surface area contributed by atoms with Gasteiger partial charge >= 0.3 is 25.5 Å². The Balaban J connectivity index is 0.000000617. The standard InChI is InChI=1S/C23H40N7O6P.C9H14N5O4P.C7H13ClO2.H3N/c1-14(2)35-20(31)22(6,7)28-37(33,29-23(8,9)21(32)36-15(3)4)13-34-16(5)10-30-12-27-17-18(24)25-11-26-19(17)30;1-6(18-5-19(15,16)17)2-14-4-13-7-8(10)11-3-12-9(7)14;1-5(2)10-6(9)7(3,4)8;/h11-12,14-16H,10,13H2,1-9H3,(H2,24,25,26)(H2,28,29,33);3-4,6H,2,5H2,1H3,(H2,10,11,12)(H2,15,16,17);5H,1-4H3;1H3/t16-;6-;;/m11../s1. The first-order chi connectivity index (χ1) is 30.2. The lowest BCUT2D eigenvalue weighted by atomic mass is 10.1. The molecule has 0 saturated heterocycles. The Morgan fingerprint density at radius 3 is 1.30 bits per heavy atom. The number of carbonyl (C=O) groups is 3. The number of esters is 3. The van der Waals surface area contributed by atoms with Crippen molar-refractivity contribution < 1.29 is 57.0 Å². The molecule has 380 valence electrons. The Morgan fingerprint density at radius 1 is 0.642 bits per heavy atom. The van der Waals surface area contributed by atoms with Gasteiger partial charge in [-0.05, 0) is 96.9 Å². The molecule has 67 heavy (non-hydrogen) atoms. The molecule has 4 heterocycles. The van der Waals surface area contributed by atoms with Crippen molar-refractivity contribution in [2.75, 3.05) is 24.2 Å². The van der Waals surface area contributed by atoms with E-state index in [1.807, 2.05) is 0 Å². The largest absolute Gasteiger partial charge is 0.462 e. The number of imidazole rings is 2. The predicted molar refractivity (Wildman–Crippen MR) is 253 cm³/mol. The van der Waals surface area contributed by atoms with E-state index in [2.05, 4.69) is 40.1 Å². The van der Waals surface area contributed by atoms with Gasteiger partial charge in [0, 0.05) is 0 Å². The Labute approximate surface area is 395 Å². The predicted octanol–water partition coefficient (Wildman–Crippen LogP) is 4.67. The highest BCUT2D eigenvalue weighted by molar-refractivity contribution is 7.59. The summed E-state index contributed by atoms with van der Waals surface area (Å²) in [7, 11) is -7.91. The van der Waals surface area contributed by atoms with Crippen molar-refractivity contribution in [3.05, 3.63) is 25.3 Å². The molecule has 0 amide bonds.